The molecule has 298 valence electrons. The second-order valence-electron chi connectivity index (χ2n) is 15.7. The molecular weight excluding hydrogens is 741 g/mol. The first-order chi connectivity index (χ1) is 26.4. The van der Waals surface area contributed by atoms with Crippen LogP contribution in [-0.2, 0) is 9.53 Å². The number of methoxy groups -OCH3 is 1. The molecule has 0 radical (unpaired) electrons. The lowest BCUT2D eigenvalue weighted by atomic mass is 10.1. The third kappa shape index (κ3) is 12.0. The van der Waals surface area contributed by atoms with Gasteiger partial charge >= 0.3 is 6.09 Å². The number of ketones is 1. The lowest BCUT2D eigenvalue weighted by Crippen LogP contribution is -2.50. The largest absolute Gasteiger partial charge is 0.540 e. The second kappa shape index (κ2) is 19.3. The summed E-state index contributed by atoms with van der Waals surface area (Å²) in [5.74, 6) is 1.06. The van der Waals surface area contributed by atoms with Crippen molar-refractivity contribution < 1.29 is 28.3 Å². The third-order valence-electron chi connectivity index (χ3n) is 9.30. The molecule has 0 fully saturated rings. The van der Waals surface area contributed by atoms with Gasteiger partial charge < -0.3 is 19.2 Å². The normalized spacial score (nSPS) is 12.4. The highest BCUT2D eigenvalue weighted by Crippen LogP contribution is 2.45. The molecule has 0 saturated heterocycles. The van der Waals surface area contributed by atoms with Gasteiger partial charge in [-0.25, -0.2) is 10.2 Å². The van der Waals surface area contributed by atoms with E-state index in [4.69, 9.17) is 13.9 Å². The number of benzene rings is 3. The van der Waals surface area contributed by atoms with Gasteiger partial charge in [0.25, 0.3) is 14.2 Å². The molecule has 0 unspecified atom stereocenters. The van der Waals surface area contributed by atoms with E-state index in [2.05, 4.69) is 62.4 Å². The van der Waals surface area contributed by atoms with Crippen LogP contribution in [0.4, 0.5) is 10.5 Å². The Kier molecular flexibility index (Phi) is 15.1. The van der Waals surface area contributed by atoms with Crippen LogP contribution in [0.15, 0.2) is 88.9 Å². The quantitative estimate of drug-likeness (QED) is 0.0496. The number of anilines is 1. The molecule has 0 saturated carbocycles. The van der Waals surface area contributed by atoms with Crippen LogP contribution in [0.5, 0.6) is 11.5 Å². The monoisotopic (exact) mass is 796 g/mol. The van der Waals surface area contributed by atoms with Crippen molar-refractivity contribution in [2.24, 2.45) is 5.10 Å². The molecule has 4 aromatic rings. The minimum absolute atomic E-state index is 0.0561. The Bertz CT molecular complexity index is 2070. The van der Waals surface area contributed by atoms with E-state index in [0.717, 1.165) is 27.1 Å². The number of carbonyl (C=O) groups excluding carboxylic acids is 3. The van der Waals surface area contributed by atoms with E-state index in [1.54, 1.807) is 52.2 Å². The van der Waals surface area contributed by atoms with Crippen LogP contribution in [0.1, 0.15) is 90.3 Å². The van der Waals surface area contributed by atoms with Crippen LogP contribution in [0.2, 0.25) is 16.6 Å². The van der Waals surface area contributed by atoms with Crippen molar-refractivity contribution in [1.29, 1.82) is 0 Å². The van der Waals surface area contributed by atoms with Gasteiger partial charge in [0.05, 0.1) is 30.5 Å². The molecule has 1 heterocycles. The number of thioether (sulfide) groups is 1. The van der Waals surface area contributed by atoms with Crippen molar-refractivity contribution in [3.05, 3.63) is 95.7 Å². The molecule has 2 amide bonds. The van der Waals surface area contributed by atoms with Crippen molar-refractivity contribution in [1.82, 2.24) is 10.4 Å². The smallest absolute Gasteiger partial charge is 0.428 e. The number of Topliss-reactive ketones (excluding diaryl/α,β-unsaturated/α-hetero) is 1. The van der Waals surface area contributed by atoms with Gasteiger partial charge in [0.15, 0.2) is 5.75 Å². The van der Waals surface area contributed by atoms with Crippen molar-refractivity contribution in [2.75, 3.05) is 18.2 Å². The summed E-state index contributed by atoms with van der Waals surface area (Å²) in [6.45, 7) is 20.6. The lowest BCUT2D eigenvalue weighted by molar-refractivity contribution is -0.115. The van der Waals surface area contributed by atoms with E-state index < -0.39 is 20.0 Å². The third-order valence-corrected chi connectivity index (χ3v) is 16.3. The zero-order valence-electron chi connectivity index (χ0n) is 34.5. The van der Waals surface area contributed by atoms with Gasteiger partial charge in [-0.15, -0.1) is 11.8 Å². The Morgan fingerprint density at radius 2 is 1.61 bits per heavy atom. The molecule has 0 bridgehead atoms. The van der Waals surface area contributed by atoms with Crippen molar-refractivity contribution in [3.63, 3.8) is 0 Å². The number of carbonyl (C=O) groups is 3. The number of nitrogens with zero attached hydrogens (tertiary/aromatic N) is 2. The topological polar surface area (TPSA) is 128 Å². The van der Waals surface area contributed by atoms with E-state index in [1.807, 2.05) is 67.6 Å². The molecule has 0 atom stereocenters. The molecule has 4 rings (SSSR count). The molecule has 0 spiro atoms. The predicted molar refractivity (Wildman–Crippen MR) is 232 cm³/mol. The summed E-state index contributed by atoms with van der Waals surface area (Å²) in [6.07, 6.45) is 2.76. The van der Waals surface area contributed by atoms with E-state index in [1.165, 1.54) is 11.8 Å². The van der Waals surface area contributed by atoms with E-state index in [0.29, 0.717) is 45.1 Å². The zero-order chi connectivity index (χ0) is 41.2. The highest BCUT2D eigenvalue weighted by Gasteiger charge is 2.47. The highest BCUT2D eigenvalue weighted by molar-refractivity contribution is 8.00. The van der Waals surface area contributed by atoms with Crippen molar-refractivity contribution in [2.45, 2.75) is 103 Å². The average Bonchev–Trinajstić information content (AvgIpc) is 3.13. The molecule has 2 N–H and O–H groups in total. The number of hydrogen-bond acceptors (Lipinski definition) is 9. The van der Waals surface area contributed by atoms with Crippen LogP contribution < -0.4 is 19.9 Å². The fourth-order valence-electron chi connectivity index (χ4n) is 6.82. The minimum Gasteiger partial charge on any atom is -0.540 e. The Morgan fingerprint density at radius 1 is 0.893 bits per heavy atom. The maximum absolute atomic E-state index is 13.4. The molecule has 0 aliphatic heterocycles. The van der Waals surface area contributed by atoms with Crippen LogP contribution in [0, 0.1) is 6.92 Å². The van der Waals surface area contributed by atoms with Gasteiger partial charge in [-0.1, -0.05) is 65.8 Å². The number of fused-ring (bicyclic) bond motifs is 1. The molecule has 1 aromatic heterocycles. The molecule has 12 heteroatoms. The number of hydrogen-bond donors (Lipinski definition) is 2. The molecule has 3 aromatic carbocycles. The summed E-state index contributed by atoms with van der Waals surface area (Å²) in [6, 6.07) is 22.4. The minimum atomic E-state index is -2.29. The van der Waals surface area contributed by atoms with E-state index in [-0.39, 0.29) is 23.9 Å². The number of hydrazone groups is 1. The number of pyridine rings is 1. The number of ether oxygens (including phenoxy) is 2. The summed E-state index contributed by atoms with van der Waals surface area (Å²) < 4.78 is 18.1. The molecule has 0 aliphatic rings. The lowest BCUT2D eigenvalue weighted by Gasteiger charge is -2.42. The van der Waals surface area contributed by atoms with Crippen LogP contribution >= 0.6 is 11.8 Å². The SMILES string of the molecule is COc1ccc(C=CC(CC(=O)CSc2cccc(C(=O)Nc3ccc4nc(C)ccc4c3)c2)=NNC(=O)OC(C)(C)C)cc1O[Si](C(C)C)(C(C)C)C(C)C. The predicted octanol–water partition coefficient (Wildman–Crippen LogP) is 11.0. The summed E-state index contributed by atoms with van der Waals surface area (Å²) in [5.41, 5.74) is 6.88. The first kappa shape index (κ1) is 43.8. The van der Waals surface area contributed by atoms with Gasteiger partial charge in [-0.2, -0.15) is 5.10 Å². The Balaban J connectivity index is 1.50. The van der Waals surface area contributed by atoms with Crippen LogP contribution in [0.25, 0.3) is 17.0 Å². The molecule has 0 aliphatic carbocycles. The van der Waals surface area contributed by atoms with E-state index in [9.17, 15) is 14.4 Å². The fourth-order valence-corrected chi connectivity index (χ4v) is 12.9. The molecule has 56 heavy (non-hydrogen) atoms. The number of aryl methyl sites for hydroxylation is 1. The van der Waals surface area contributed by atoms with Gasteiger partial charge in [-0.3, -0.25) is 14.6 Å². The maximum atomic E-state index is 13.4. The van der Waals surface area contributed by atoms with Crippen LogP contribution in [0.3, 0.4) is 0 Å². The molecular formula is C44H56N4O6SSi. The van der Waals surface area contributed by atoms with Crippen LogP contribution in [-0.4, -0.2) is 55.3 Å². The standard InChI is InChI=1S/C44H56N4O6SSi/c1-28(2)56(29(3)4,30(5)6)54-41-23-32(17-22-40(41)52-11)16-19-36(47-48-43(51)53-44(8,9)10)26-37(49)27-55-38-14-12-13-34(25-38)42(50)46-35-20-21-39-33(24-35)18-15-31(7)45-39/h12-25,28-30H,26-27H2,1-11H3,(H,46,50)(H,48,51). The first-order valence-corrected chi connectivity index (χ1v) is 22.1. The first-order valence-electron chi connectivity index (χ1n) is 18.9. The van der Waals surface area contributed by atoms with Crippen molar-refractivity contribution >= 4 is 66.2 Å². The number of allylic oxidation sites excluding steroid dienone is 1. The van der Waals surface area contributed by atoms with Gasteiger partial charge in [0.1, 0.15) is 17.1 Å². The number of amides is 2. The Hall–Kier alpha value is -4.94. The molecule has 10 nitrogen and oxygen atoms in total. The summed E-state index contributed by atoms with van der Waals surface area (Å²) in [7, 11) is -0.654. The zero-order valence-corrected chi connectivity index (χ0v) is 36.3. The van der Waals surface area contributed by atoms with Gasteiger partial charge in [0, 0.05) is 27.2 Å². The summed E-state index contributed by atoms with van der Waals surface area (Å²) >= 11 is 1.32. The number of rotatable bonds is 16. The maximum Gasteiger partial charge on any atom is 0.428 e. The second-order valence-corrected chi connectivity index (χ2v) is 22.2. The Morgan fingerprint density at radius 3 is 2.27 bits per heavy atom. The average molecular weight is 797 g/mol. The van der Waals surface area contributed by atoms with E-state index >= 15 is 0 Å². The number of nitrogens with one attached hydrogen (secondary N) is 2. The summed E-state index contributed by atoms with van der Waals surface area (Å²) in [4.78, 5) is 44.4. The fraction of sp³-hybridized carbons (Fsp3) is 0.386. The Labute approximate surface area is 337 Å². The highest BCUT2D eigenvalue weighted by atomic mass is 32.2. The summed E-state index contributed by atoms with van der Waals surface area (Å²) in [5, 5.41) is 8.16. The van der Waals surface area contributed by atoms with Gasteiger partial charge in [-0.05, 0) is 111 Å². The van der Waals surface area contributed by atoms with Gasteiger partial charge in [0.2, 0.25) is 0 Å². The number of aromatic nitrogens is 1. The van der Waals surface area contributed by atoms with Crippen molar-refractivity contribution in [3.8, 4) is 11.5 Å².